The van der Waals surface area contributed by atoms with Gasteiger partial charge in [0.15, 0.2) is 0 Å². The number of hydrogen-bond donors (Lipinski definition) is 2. The average Bonchev–Trinajstić information content (AvgIpc) is 2.41. The van der Waals surface area contributed by atoms with Crippen molar-refractivity contribution in [3.8, 4) is 0 Å². The molecule has 0 radical (unpaired) electrons. The fourth-order valence-electron chi connectivity index (χ4n) is 1.67. The molecule has 2 N–H and O–H groups in total. The molecular weight excluding hydrogens is 241 g/mol. The van der Waals surface area contributed by atoms with Gasteiger partial charge in [0.2, 0.25) is 0 Å². The van der Waals surface area contributed by atoms with Crippen molar-refractivity contribution in [2.45, 2.75) is 20.3 Å². The Bertz CT molecular complexity index is 555. The molecule has 0 aliphatic rings. The summed E-state index contributed by atoms with van der Waals surface area (Å²) in [7, 11) is 0. The molecule has 0 saturated carbocycles. The minimum atomic E-state index is -0.217. The summed E-state index contributed by atoms with van der Waals surface area (Å²) in [4.78, 5) is 4.41. The number of aryl methyl sites for hydroxylation is 1. The quantitative estimate of drug-likeness (QED) is 0.849. The second-order valence-electron chi connectivity index (χ2n) is 4.42. The Morgan fingerprint density at radius 2 is 1.95 bits per heavy atom. The lowest BCUT2D eigenvalue weighted by atomic mass is 10.2. The van der Waals surface area contributed by atoms with Crippen molar-refractivity contribution < 1.29 is 4.39 Å². The van der Waals surface area contributed by atoms with Crippen LogP contribution in [0.4, 0.5) is 21.7 Å². The maximum atomic E-state index is 13.5. The van der Waals surface area contributed by atoms with Crippen LogP contribution in [0.5, 0.6) is 0 Å². The van der Waals surface area contributed by atoms with Gasteiger partial charge < -0.3 is 10.6 Å². The highest BCUT2D eigenvalue weighted by molar-refractivity contribution is 5.58. The molecule has 0 aliphatic carbocycles. The molecule has 0 saturated heterocycles. The van der Waals surface area contributed by atoms with Gasteiger partial charge in [0.25, 0.3) is 0 Å². The molecule has 0 atom stereocenters. The van der Waals surface area contributed by atoms with Crippen LogP contribution >= 0.6 is 0 Å². The van der Waals surface area contributed by atoms with E-state index >= 15 is 0 Å². The zero-order valence-electron chi connectivity index (χ0n) is 11.2. The third-order valence-electron chi connectivity index (χ3n) is 2.75. The van der Waals surface area contributed by atoms with Gasteiger partial charge in [-0.25, -0.2) is 9.37 Å². The molecule has 100 valence electrons. The van der Waals surface area contributed by atoms with E-state index in [0.717, 1.165) is 18.8 Å². The van der Waals surface area contributed by atoms with Gasteiger partial charge in [-0.2, -0.15) is 0 Å². The summed E-state index contributed by atoms with van der Waals surface area (Å²) in [5, 5.41) is 6.31. The number of benzene rings is 1. The number of aromatic nitrogens is 1. The number of halogens is 1. The smallest absolute Gasteiger partial charge is 0.132 e. The van der Waals surface area contributed by atoms with E-state index in [9.17, 15) is 4.39 Å². The topological polar surface area (TPSA) is 37.0 Å². The molecule has 2 rings (SSSR count). The third-order valence-corrected chi connectivity index (χ3v) is 2.75. The molecule has 0 unspecified atom stereocenters. The summed E-state index contributed by atoms with van der Waals surface area (Å²) in [6, 6.07) is 10.7. The Balaban J connectivity index is 2.11. The van der Waals surface area contributed by atoms with Gasteiger partial charge in [-0.1, -0.05) is 19.1 Å². The molecule has 0 spiro atoms. The van der Waals surface area contributed by atoms with E-state index in [2.05, 4.69) is 22.5 Å². The molecular formula is C15H18FN3. The summed E-state index contributed by atoms with van der Waals surface area (Å²) in [5.41, 5.74) is 1.33. The molecule has 0 fully saturated rings. The van der Waals surface area contributed by atoms with E-state index in [1.807, 2.05) is 24.3 Å². The van der Waals surface area contributed by atoms with Crippen molar-refractivity contribution in [2.75, 3.05) is 17.2 Å². The molecule has 1 aromatic carbocycles. The second-order valence-corrected chi connectivity index (χ2v) is 4.42. The van der Waals surface area contributed by atoms with Gasteiger partial charge in [0.05, 0.1) is 0 Å². The first-order valence-electron chi connectivity index (χ1n) is 6.43. The summed E-state index contributed by atoms with van der Waals surface area (Å²) < 4.78 is 13.5. The lowest BCUT2D eigenvalue weighted by Crippen LogP contribution is -2.03. The highest BCUT2D eigenvalue weighted by Gasteiger charge is 2.01. The van der Waals surface area contributed by atoms with Crippen LogP contribution in [0.3, 0.4) is 0 Å². The van der Waals surface area contributed by atoms with Gasteiger partial charge in [0.1, 0.15) is 17.5 Å². The van der Waals surface area contributed by atoms with Crippen molar-refractivity contribution in [3.05, 3.63) is 47.8 Å². The zero-order chi connectivity index (χ0) is 13.7. The Hall–Kier alpha value is -2.10. The van der Waals surface area contributed by atoms with Crippen molar-refractivity contribution in [2.24, 2.45) is 0 Å². The molecule has 0 bridgehead atoms. The normalized spacial score (nSPS) is 10.3. The summed E-state index contributed by atoms with van der Waals surface area (Å²) in [5.74, 6) is 1.30. The zero-order valence-corrected chi connectivity index (χ0v) is 11.2. The molecule has 4 heteroatoms. The average molecular weight is 259 g/mol. The molecule has 0 amide bonds. The number of nitrogens with zero attached hydrogens (tertiary/aromatic N) is 1. The fraction of sp³-hybridized carbons (Fsp3) is 0.267. The Morgan fingerprint density at radius 1 is 1.16 bits per heavy atom. The van der Waals surface area contributed by atoms with E-state index in [1.165, 1.54) is 6.07 Å². The van der Waals surface area contributed by atoms with Crippen LogP contribution in [0, 0.1) is 12.7 Å². The van der Waals surface area contributed by atoms with Crippen molar-refractivity contribution >= 4 is 17.3 Å². The molecule has 19 heavy (non-hydrogen) atoms. The first-order valence-corrected chi connectivity index (χ1v) is 6.43. The molecule has 1 aromatic heterocycles. The van der Waals surface area contributed by atoms with Crippen LogP contribution in [0.2, 0.25) is 0 Å². The van der Waals surface area contributed by atoms with Crippen LogP contribution in [-0.2, 0) is 0 Å². The summed E-state index contributed by atoms with van der Waals surface area (Å²) >= 11 is 0. The number of anilines is 3. The highest BCUT2D eigenvalue weighted by Crippen LogP contribution is 2.19. The highest BCUT2D eigenvalue weighted by atomic mass is 19.1. The SMILES string of the molecule is CCCNc1cccc(Nc2ccc(C)c(F)c2)n1. The van der Waals surface area contributed by atoms with E-state index < -0.39 is 0 Å². The monoisotopic (exact) mass is 259 g/mol. The number of rotatable bonds is 5. The number of pyridine rings is 1. The van der Waals surface area contributed by atoms with Gasteiger partial charge >= 0.3 is 0 Å². The summed E-state index contributed by atoms with van der Waals surface area (Å²) in [6.45, 7) is 4.73. The van der Waals surface area contributed by atoms with Gasteiger partial charge in [-0.3, -0.25) is 0 Å². The first kappa shape index (κ1) is 13.3. The van der Waals surface area contributed by atoms with Crippen LogP contribution in [0.15, 0.2) is 36.4 Å². The van der Waals surface area contributed by atoms with Crippen molar-refractivity contribution in [1.29, 1.82) is 0 Å². The lowest BCUT2D eigenvalue weighted by Gasteiger charge is -2.09. The largest absolute Gasteiger partial charge is 0.370 e. The predicted molar refractivity (Wildman–Crippen MR) is 77.4 cm³/mol. The van der Waals surface area contributed by atoms with Crippen LogP contribution < -0.4 is 10.6 Å². The summed E-state index contributed by atoms with van der Waals surface area (Å²) in [6.07, 6.45) is 1.04. The van der Waals surface area contributed by atoms with Crippen LogP contribution in [-0.4, -0.2) is 11.5 Å². The van der Waals surface area contributed by atoms with Gasteiger partial charge in [-0.05, 0) is 43.2 Å². The third kappa shape index (κ3) is 3.68. The Labute approximate surface area is 112 Å². The van der Waals surface area contributed by atoms with E-state index in [-0.39, 0.29) is 5.82 Å². The minimum Gasteiger partial charge on any atom is -0.370 e. The lowest BCUT2D eigenvalue weighted by molar-refractivity contribution is 0.619. The molecule has 0 aliphatic heterocycles. The van der Waals surface area contributed by atoms with Crippen LogP contribution in [0.25, 0.3) is 0 Å². The van der Waals surface area contributed by atoms with Crippen molar-refractivity contribution in [3.63, 3.8) is 0 Å². The maximum absolute atomic E-state index is 13.5. The number of nitrogens with one attached hydrogen (secondary N) is 2. The Morgan fingerprint density at radius 3 is 2.68 bits per heavy atom. The standard InChI is InChI=1S/C15H18FN3/c1-3-9-17-14-5-4-6-15(19-14)18-12-8-7-11(2)13(16)10-12/h4-8,10H,3,9H2,1-2H3,(H2,17,18,19). The van der Waals surface area contributed by atoms with Crippen LogP contribution in [0.1, 0.15) is 18.9 Å². The fourth-order valence-corrected chi connectivity index (χ4v) is 1.67. The molecule has 3 nitrogen and oxygen atoms in total. The second kappa shape index (κ2) is 6.18. The van der Waals surface area contributed by atoms with E-state index in [0.29, 0.717) is 17.1 Å². The molecule has 2 aromatic rings. The minimum absolute atomic E-state index is 0.217. The van der Waals surface area contributed by atoms with Gasteiger partial charge in [-0.15, -0.1) is 0 Å². The van der Waals surface area contributed by atoms with Gasteiger partial charge in [0, 0.05) is 12.2 Å². The van der Waals surface area contributed by atoms with E-state index in [1.54, 1.807) is 13.0 Å². The maximum Gasteiger partial charge on any atom is 0.132 e. The number of hydrogen-bond acceptors (Lipinski definition) is 3. The van der Waals surface area contributed by atoms with Crippen molar-refractivity contribution in [1.82, 2.24) is 4.98 Å². The van der Waals surface area contributed by atoms with E-state index in [4.69, 9.17) is 0 Å². The molecule has 1 heterocycles. The predicted octanol–water partition coefficient (Wildman–Crippen LogP) is 4.09. The Kier molecular flexibility index (Phi) is 4.34. The first-order chi connectivity index (χ1) is 9.19.